The Kier molecular flexibility index (Phi) is 2.67. The van der Waals surface area contributed by atoms with Gasteiger partial charge >= 0.3 is 0 Å². The Morgan fingerprint density at radius 3 is 2.58 bits per heavy atom. The number of aryl methyl sites for hydroxylation is 1. The van der Waals surface area contributed by atoms with Crippen LogP contribution in [0, 0.1) is 6.92 Å². The van der Waals surface area contributed by atoms with Crippen molar-refractivity contribution in [2.75, 3.05) is 5.73 Å². The predicted octanol–water partition coefficient (Wildman–Crippen LogP) is 2.33. The first-order chi connectivity index (χ1) is 9.16. The molecular formula is C14H15N5. The minimum Gasteiger partial charge on any atom is -0.369 e. The molecule has 96 valence electrons. The largest absolute Gasteiger partial charge is 0.369 e. The summed E-state index contributed by atoms with van der Waals surface area (Å²) in [5.74, 6) is 0.484. The highest BCUT2D eigenvalue weighted by Crippen LogP contribution is 2.25. The maximum Gasteiger partial charge on any atom is 0.203 e. The molecule has 0 fully saturated rings. The van der Waals surface area contributed by atoms with Crippen molar-refractivity contribution in [1.82, 2.24) is 19.5 Å². The van der Waals surface area contributed by atoms with Gasteiger partial charge in [0.15, 0.2) is 5.65 Å². The monoisotopic (exact) mass is 253 g/mol. The number of aromatic nitrogens is 4. The van der Waals surface area contributed by atoms with E-state index in [9.17, 15) is 0 Å². The van der Waals surface area contributed by atoms with Crippen LogP contribution in [0.5, 0.6) is 0 Å². The molecule has 0 spiro atoms. The fourth-order valence-corrected chi connectivity index (χ4v) is 2.26. The van der Waals surface area contributed by atoms with Gasteiger partial charge in [0.2, 0.25) is 5.95 Å². The van der Waals surface area contributed by atoms with Crippen LogP contribution in [0.15, 0.2) is 36.7 Å². The molecule has 5 heteroatoms. The molecule has 5 nitrogen and oxygen atoms in total. The molecular weight excluding hydrogens is 238 g/mol. The maximum absolute atomic E-state index is 6.04. The average Bonchev–Trinajstić information content (AvgIpc) is 2.74. The Bertz CT molecular complexity index is 717. The smallest absolute Gasteiger partial charge is 0.203 e. The molecule has 0 aliphatic carbocycles. The minimum atomic E-state index is 0.0716. The molecule has 1 unspecified atom stereocenters. The minimum absolute atomic E-state index is 0.0716. The van der Waals surface area contributed by atoms with E-state index >= 15 is 0 Å². The van der Waals surface area contributed by atoms with Crippen LogP contribution in [-0.4, -0.2) is 19.5 Å². The summed E-state index contributed by atoms with van der Waals surface area (Å²) in [7, 11) is 0. The van der Waals surface area contributed by atoms with Crippen molar-refractivity contribution in [2.24, 2.45) is 0 Å². The van der Waals surface area contributed by atoms with Gasteiger partial charge in [-0.2, -0.15) is 0 Å². The Labute approximate surface area is 111 Å². The van der Waals surface area contributed by atoms with Crippen LogP contribution < -0.4 is 5.73 Å². The van der Waals surface area contributed by atoms with Gasteiger partial charge in [0.1, 0.15) is 5.52 Å². The zero-order valence-corrected chi connectivity index (χ0v) is 10.9. The Morgan fingerprint density at radius 1 is 1.11 bits per heavy atom. The number of fused-ring (bicyclic) bond motifs is 1. The van der Waals surface area contributed by atoms with Gasteiger partial charge in [0, 0.05) is 18.1 Å². The third kappa shape index (κ3) is 1.93. The second-order valence-corrected chi connectivity index (χ2v) is 4.59. The third-order valence-electron chi connectivity index (χ3n) is 3.28. The molecule has 0 aromatic carbocycles. The van der Waals surface area contributed by atoms with Crippen LogP contribution in [0.2, 0.25) is 0 Å². The molecule has 3 aromatic rings. The summed E-state index contributed by atoms with van der Waals surface area (Å²) in [6.45, 7) is 4.04. The number of nitrogens with two attached hydrogens (primary N) is 1. The fraction of sp³-hybridized carbons (Fsp3) is 0.214. The van der Waals surface area contributed by atoms with Crippen LogP contribution in [-0.2, 0) is 0 Å². The van der Waals surface area contributed by atoms with E-state index < -0.39 is 0 Å². The van der Waals surface area contributed by atoms with E-state index in [4.69, 9.17) is 5.73 Å². The second-order valence-electron chi connectivity index (χ2n) is 4.59. The van der Waals surface area contributed by atoms with Crippen molar-refractivity contribution in [3.05, 3.63) is 47.9 Å². The number of hydrogen-bond donors (Lipinski definition) is 1. The van der Waals surface area contributed by atoms with Gasteiger partial charge < -0.3 is 5.73 Å². The fourth-order valence-electron chi connectivity index (χ4n) is 2.26. The quantitative estimate of drug-likeness (QED) is 0.761. The number of rotatable bonds is 2. The van der Waals surface area contributed by atoms with Crippen molar-refractivity contribution in [3.8, 4) is 0 Å². The van der Waals surface area contributed by atoms with E-state index in [1.165, 1.54) is 0 Å². The molecule has 0 bridgehead atoms. The number of imidazole rings is 1. The Hall–Kier alpha value is -2.43. The molecule has 3 rings (SSSR count). The molecule has 0 saturated carbocycles. The predicted molar refractivity (Wildman–Crippen MR) is 74.7 cm³/mol. The summed E-state index contributed by atoms with van der Waals surface area (Å²) in [6, 6.07) is 7.92. The molecule has 1 atom stereocenters. The summed E-state index contributed by atoms with van der Waals surface area (Å²) >= 11 is 0. The zero-order valence-electron chi connectivity index (χ0n) is 10.9. The van der Waals surface area contributed by atoms with Crippen molar-refractivity contribution in [1.29, 1.82) is 0 Å². The molecule has 0 amide bonds. The molecule has 0 radical (unpaired) electrons. The SMILES string of the molecule is Cc1ccc2nc(N)n(C(C)c3ccncc3)c2n1. The average molecular weight is 253 g/mol. The summed E-state index contributed by atoms with van der Waals surface area (Å²) in [6.07, 6.45) is 3.56. The molecule has 3 heterocycles. The molecule has 0 saturated heterocycles. The summed E-state index contributed by atoms with van der Waals surface area (Å²) in [4.78, 5) is 12.9. The highest BCUT2D eigenvalue weighted by Gasteiger charge is 2.16. The Balaban J connectivity index is 2.19. The molecule has 0 aliphatic rings. The second kappa shape index (κ2) is 4.35. The first-order valence-electron chi connectivity index (χ1n) is 6.18. The van der Waals surface area contributed by atoms with E-state index in [2.05, 4.69) is 21.9 Å². The number of nitrogen functional groups attached to an aromatic ring is 1. The standard InChI is InChI=1S/C14H15N5/c1-9-3-4-12-13(17-9)19(14(15)18-12)10(2)11-5-7-16-8-6-11/h3-8,10H,1-2H3,(H2,15,18). The lowest BCUT2D eigenvalue weighted by Gasteiger charge is -2.15. The molecule has 2 N–H and O–H groups in total. The Morgan fingerprint density at radius 2 is 1.84 bits per heavy atom. The van der Waals surface area contributed by atoms with Gasteiger partial charge in [0.05, 0.1) is 6.04 Å². The van der Waals surface area contributed by atoms with E-state index in [0.717, 1.165) is 22.4 Å². The highest BCUT2D eigenvalue weighted by molar-refractivity contribution is 5.74. The van der Waals surface area contributed by atoms with Crippen LogP contribution in [0.4, 0.5) is 5.95 Å². The summed E-state index contributed by atoms with van der Waals surface area (Å²) in [5.41, 5.74) is 9.77. The lowest BCUT2D eigenvalue weighted by atomic mass is 10.1. The first kappa shape index (κ1) is 11.6. The molecule has 19 heavy (non-hydrogen) atoms. The number of nitrogens with zero attached hydrogens (tertiary/aromatic N) is 4. The molecule has 0 aliphatic heterocycles. The van der Waals surface area contributed by atoms with Crippen LogP contribution in [0.3, 0.4) is 0 Å². The van der Waals surface area contributed by atoms with Crippen LogP contribution in [0.25, 0.3) is 11.2 Å². The van der Waals surface area contributed by atoms with E-state index in [1.807, 2.05) is 35.8 Å². The van der Waals surface area contributed by atoms with Crippen molar-refractivity contribution in [3.63, 3.8) is 0 Å². The third-order valence-corrected chi connectivity index (χ3v) is 3.28. The van der Waals surface area contributed by atoms with Gasteiger partial charge in [-0.15, -0.1) is 0 Å². The van der Waals surface area contributed by atoms with Crippen molar-refractivity contribution >= 4 is 17.1 Å². The van der Waals surface area contributed by atoms with Crippen LogP contribution >= 0.6 is 0 Å². The van der Waals surface area contributed by atoms with E-state index in [1.54, 1.807) is 12.4 Å². The highest BCUT2D eigenvalue weighted by atomic mass is 15.2. The summed E-state index contributed by atoms with van der Waals surface area (Å²) < 4.78 is 1.96. The molecule has 3 aromatic heterocycles. The lowest BCUT2D eigenvalue weighted by Crippen LogP contribution is -2.11. The van der Waals surface area contributed by atoms with E-state index in [-0.39, 0.29) is 6.04 Å². The normalized spacial score (nSPS) is 12.7. The van der Waals surface area contributed by atoms with Gasteiger partial charge in [0.25, 0.3) is 0 Å². The van der Waals surface area contributed by atoms with E-state index in [0.29, 0.717) is 5.95 Å². The van der Waals surface area contributed by atoms with Crippen LogP contribution in [0.1, 0.15) is 24.2 Å². The topological polar surface area (TPSA) is 69.6 Å². The van der Waals surface area contributed by atoms with Gasteiger partial charge in [-0.05, 0) is 43.7 Å². The maximum atomic E-state index is 6.04. The number of pyridine rings is 2. The number of hydrogen-bond acceptors (Lipinski definition) is 4. The summed E-state index contributed by atoms with van der Waals surface area (Å²) in [5, 5.41) is 0. The van der Waals surface area contributed by atoms with Crippen molar-refractivity contribution < 1.29 is 0 Å². The van der Waals surface area contributed by atoms with Crippen molar-refractivity contribution in [2.45, 2.75) is 19.9 Å². The van der Waals surface area contributed by atoms with Gasteiger partial charge in [-0.3, -0.25) is 9.55 Å². The zero-order chi connectivity index (χ0) is 13.4. The lowest BCUT2D eigenvalue weighted by molar-refractivity contribution is 0.661. The first-order valence-corrected chi connectivity index (χ1v) is 6.18. The van der Waals surface area contributed by atoms with Gasteiger partial charge in [-0.1, -0.05) is 0 Å². The number of anilines is 1. The van der Waals surface area contributed by atoms with Gasteiger partial charge in [-0.25, -0.2) is 9.97 Å².